The summed E-state index contributed by atoms with van der Waals surface area (Å²) in [6, 6.07) is 12.4. The van der Waals surface area contributed by atoms with Crippen LogP contribution in [0.2, 0.25) is 15.1 Å². The van der Waals surface area contributed by atoms with Crippen molar-refractivity contribution in [3.63, 3.8) is 0 Å². The van der Waals surface area contributed by atoms with E-state index >= 15 is 0 Å². The Morgan fingerprint density at radius 3 is 2.52 bits per heavy atom. The first-order valence-electron chi connectivity index (χ1n) is 6.25. The zero-order valence-corrected chi connectivity index (χ0v) is 13.3. The molecule has 2 aromatic rings. The lowest BCUT2D eigenvalue weighted by molar-refractivity contribution is -0.119. The highest BCUT2D eigenvalue weighted by Gasteiger charge is 2.06. The van der Waals surface area contributed by atoms with Gasteiger partial charge in [0.05, 0.1) is 17.3 Å². The van der Waals surface area contributed by atoms with Gasteiger partial charge < -0.3 is 10.6 Å². The quantitative estimate of drug-likeness (QED) is 0.846. The fourth-order valence-corrected chi connectivity index (χ4v) is 2.27. The minimum absolute atomic E-state index is 0.102. The van der Waals surface area contributed by atoms with Gasteiger partial charge in [-0.25, -0.2) is 0 Å². The molecule has 0 saturated heterocycles. The normalized spacial score (nSPS) is 10.2. The lowest BCUT2D eigenvalue weighted by atomic mass is 10.2. The molecule has 6 heteroatoms. The molecule has 0 spiro atoms. The predicted octanol–water partition coefficient (Wildman–Crippen LogP) is 4.38. The van der Waals surface area contributed by atoms with Crippen LogP contribution in [-0.4, -0.2) is 12.5 Å². The van der Waals surface area contributed by atoms with Gasteiger partial charge in [-0.1, -0.05) is 53.0 Å². The van der Waals surface area contributed by atoms with Crippen LogP contribution in [0.15, 0.2) is 42.5 Å². The van der Waals surface area contributed by atoms with Gasteiger partial charge >= 0.3 is 0 Å². The Labute approximate surface area is 138 Å². The number of nitrogens with one attached hydrogen (secondary N) is 2. The van der Waals surface area contributed by atoms with Crippen LogP contribution in [0, 0.1) is 0 Å². The Morgan fingerprint density at radius 2 is 1.76 bits per heavy atom. The molecule has 2 N–H and O–H groups in total. The highest BCUT2D eigenvalue weighted by Crippen LogP contribution is 2.25. The molecule has 0 saturated carbocycles. The molecular weight excluding hydrogens is 331 g/mol. The highest BCUT2D eigenvalue weighted by atomic mass is 35.5. The average molecular weight is 344 g/mol. The van der Waals surface area contributed by atoms with E-state index < -0.39 is 0 Å². The second-order valence-corrected chi connectivity index (χ2v) is 5.60. The number of benzene rings is 2. The molecule has 0 fully saturated rings. The summed E-state index contributed by atoms with van der Waals surface area (Å²) >= 11 is 17.9. The number of halogens is 3. The molecule has 0 aliphatic carbocycles. The lowest BCUT2D eigenvalue weighted by Crippen LogP contribution is -2.29. The van der Waals surface area contributed by atoms with Gasteiger partial charge in [-0.2, -0.15) is 0 Å². The Morgan fingerprint density at radius 1 is 1.00 bits per heavy atom. The summed E-state index contributed by atoms with van der Waals surface area (Å²) < 4.78 is 0. The van der Waals surface area contributed by atoms with Crippen molar-refractivity contribution < 1.29 is 4.79 Å². The van der Waals surface area contributed by atoms with E-state index in [2.05, 4.69) is 10.6 Å². The van der Waals surface area contributed by atoms with Crippen LogP contribution in [0.5, 0.6) is 0 Å². The Balaban J connectivity index is 1.85. The first-order chi connectivity index (χ1) is 10.1. The summed E-state index contributed by atoms with van der Waals surface area (Å²) in [5.41, 5.74) is 1.49. The number of hydrogen-bond acceptors (Lipinski definition) is 2. The van der Waals surface area contributed by atoms with Crippen LogP contribution in [0.1, 0.15) is 5.56 Å². The van der Waals surface area contributed by atoms with E-state index in [-0.39, 0.29) is 12.5 Å². The molecule has 1 amide bonds. The minimum Gasteiger partial charge on any atom is -0.375 e. The van der Waals surface area contributed by atoms with Gasteiger partial charge in [0.25, 0.3) is 0 Å². The van der Waals surface area contributed by atoms with Crippen molar-refractivity contribution in [2.24, 2.45) is 0 Å². The summed E-state index contributed by atoms with van der Waals surface area (Å²) in [7, 11) is 0. The first-order valence-corrected chi connectivity index (χ1v) is 7.38. The SMILES string of the molecule is O=C(CNc1cc(Cl)ccc1Cl)NCc1ccccc1Cl. The number of carbonyl (C=O) groups excluding carboxylic acids is 1. The summed E-state index contributed by atoms with van der Waals surface area (Å²) in [5.74, 6) is -0.161. The third-order valence-electron chi connectivity index (χ3n) is 2.80. The second-order valence-electron chi connectivity index (χ2n) is 4.35. The van der Waals surface area contributed by atoms with E-state index in [1.165, 1.54) is 0 Å². The molecule has 21 heavy (non-hydrogen) atoms. The van der Waals surface area contributed by atoms with Gasteiger partial charge in [0, 0.05) is 16.6 Å². The number of anilines is 1. The summed E-state index contributed by atoms with van der Waals surface area (Å²) in [4.78, 5) is 11.8. The summed E-state index contributed by atoms with van der Waals surface area (Å²) in [6.07, 6.45) is 0. The third-order valence-corrected chi connectivity index (χ3v) is 3.74. The van der Waals surface area contributed by atoms with Crippen molar-refractivity contribution in [3.05, 3.63) is 63.1 Å². The fourth-order valence-electron chi connectivity index (χ4n) is 1.71. The molecule has 0 unspecified atom stereocenters. The van der Waals surface area contributed by atoms with Crippen molar-refractivity contribution in [1.82, 2.24) is 5.32 Å². The van der Waals surface area contributed by atoms with E-state index in [4.69, 9.17) is 34.8 Å². The van der Waals surface area contributed by atoms with Gasteiger partial charge in [0.1, 0.15) is 0 Å². The smallest absolute Gasteiger partial charge is 0.239 e. The third kappa shape index (κ3) is 4.81. The molecule has 0 radical (unpaired) electrons. The van der Waals surface area contributed by atoms with Crippen LogP contribution in [0.4, 0.5) is 5.69 Å². The summed E-state index contributed by atoms with van der Waals surface area (Å²) in [6.45, 7) is 0.480. The van der Waals surface area contributed by atoms with Crippen LogP contribution in [0.25, 0.3) is 0 Å². The summed E-state index contributed by atoms with van der Waals surface area (Å²) in [5, 5.41) is 7.42. The van der Waals surface area contributed by atoms with Crippen molar-refractivity contribution in [2.45, 2.75) is 6.54 Å². The zero-order chi connectivity index (χ0) is 15.2. The zero-order valence-electron chi connectivity index (χ0n) is 11.0. The number of hydrogen-bond donors (Lipinski definition) is 2. The molecule has 0 heterocycles. The fraction of sp³-hybridized carbons (Fsp3) is 0.133. The number of rotatable bonds is 5. The van der Waals surface area contributed by atoms with E-state index in [1.54, 1.807) is 24.3 Å². The van der Waals surface area contributed by atoms with Gasteiger partial charge in [-0.15, -0.1) is 0 Å². The van der Waals surface area contributed by atoms with Crippen molar-refractivity contribution in [1.29, 1.82) is 0 Å². The highest BCUT2D eigenvalue weighted by molar-refractivity contribution is 6.35. The minimum atomic E-state index is -0.161. The Bertz CT molecular complexity index is 647. The van der Waals surface area contributed by atoms with E-state index in [0.717, 1.165) is 5.56 Å². The number of amides is 1. The van der Waals surface area contributed by atoms with Crippen LogP contribution in [-0.2, 0) is 11.3 Å². The molecule has 2 rings (SSSR count). The Hall–Kier alpha value is -1.42. The maximum Gasteiger partial charge on any atom is 0.239 e. The topological polar surface area (TPSA) is 41.1 Å². The molecule has 0 aromatic heterocycles. The van der Waals surface area contributed by atoms with Crippen molar-refractivity contribution in [3.8, 4) is 0 Å². The first kappa shape index (κ1) is 16.0. The molecule has 2 aromatic carbocycles. The largest absolute Gasteiger partial charge is 0.375 e. The predicted molar refractivity (Wildman–Crippen MR) is 88.3 cm³/mol. The monoisotopic (exact) mass is 342 g/mol. The number of carbonyl (C=O) groups is 1. The van der Waals surface area contributed by atoms with E-state index in [9.17, 15) is 4.79 Å². The van der Waals surface area contributed by atoms with E-state index in [1.807, 2.05) is 18.2 Å². The van der Waals surface area contributed by atoms with Crippen molar-refractivity contribution in [2.75, 3.05) is 11.9 Å². The van der Waals surface area contributed by atoms with Crippen LogP contribution < -0.4 is 10.6 Å². The molecule has 3 nitrogen and oxygen atoms in total. The molecule has 110 valence electrons. The van der Waals surface area contributed by atoms with Gasteiger partial charge in [-0.3, -0.25) is 4.79 Å². The molecule has 0 bridgehead atoms. The lowest BCUT2D eigenvalue weighted by Gasteiger charge is -2.10. The molecule has 0 aliphatic rings. The standard InChI is InChI=1S/C15H13Cl3N2O/c16-11-5-6-13(18)14(7-11)19-9-15(21)20-8-10-3-1-2-4-12(10)17/h1-7,19H,8-9H2,(H,20,21). The molecule has 0 aliphatic heterocycles. The maximum atomic E-state index is 11.8. The van der Waals surface area contributed by atoms with Gasteiger partial charge in [-0.05, 0) is 29.8 Å². The van der Waals surface area contributed by atoms with Crippen LogP contribution in [0.3, 0.4) is 0 Å². The van der Waals surface area contributed by atoms with Crippen LogP contribution >= 0.6 is 34.8 Å². The van der Waals surface area contributed by atoms with E-state index in [0.29, 0.717) is 27.3 Å². The van der Waals surface area contributed by atoms with Crippen molar-refractivity contribution >= 4 is 46.4 Å². The maximum absolute atomic E-state index is 11.8. The average Bonchev–Trinajstić information content (AvgIpc) is 2.47. The van der Waals surface area contributed by atoms with Gasteiger partial charge in [0.2, 0.25) is 5.91 Å². The second kappa shape index (κ2) is 7.55. The molecule has 0 atom stereocenters. The van der Waals surface area contributed by atoms with Gasteiger partial charge in [0.15, 0.2) is 0 Å². The Kier molecular flexibility index (Phi) is 5.74. The molecular formula is C15H13Cl3N2O.